The van der Waals surface area contributed by atoms with Crippen LogP contribution in [0.3, 0.4) is 0 Å². The van der Waals surface area contributed by atoms with Crippen LogP contribution in [0.5, 0.6) is 5.75 Å². The summed E-state index contributed by atoms with van der Waals surface area (Å²) in [4.78, 5) is 23.9. The molecule has 0 unspecified atom stereocenters. The fourth-order valence-electron chi connectivity index (χ4n) is 2.55. The van der Waals surface area contributed by atoms with Crippen LogP contribution in [-0.4, -0.2) is 24.6 Å². The second-order valence-corrected chi connectivity index (χ2v) is 7.29. The van der Waals surface area contributed by atoms with Crippen LogP contribution in [0.4, 0.5) is 0 Å². The van der Waals surface area contributed by atoms with E-state index in [0.717, 1.165) is 11.1 Å². The number of carbonyl (C=O) groups is 2. The average molecular weight is 456 g/mol. The molecule has 0 spiro atoms. The smallest absolute Gasteiger partial charge is 0.259 e. The van der Waals surface area contributed by atoms with E-state index in [0.29, 0.717) is 28.0 Å². The van der Waals surface area contributed by atoms with Gasteiger partial charge in [-0.25, -0.2) is 5.43 Å². The highest BCUT2D eigenvalue weighted by Gasteiger charge is 2.10. The molecule has 2 N–H and O–H groups in total. The molecule has 3 aromatic rings. The molecule has 31 heavy (non-hydrogen) atoms. The van der Waals surface area contributed by atoms with Crippen molar-refractivity contribution in [1.82, 2.24) is 10.7 Å². The van der Waals surface area contributed by atoms with Gasteiger partial charge in [0.15, 0.2) is 0 Å². The van der Waals surface area contributed by atoms with Crippen LogP contribution in [0, 0.1) is 0 Å². The molecular formula is C23H19Cl2N3O3. The third-order valence-electron chi connectivity index (χ3n) is 4.11. The largest absolute Gasteiger partial charge is 0.489 e. The molecule has 0 aliphatic rings. The first-order valence-corrected chi connectivity index (χ1v) is 10.1. The topological polar surface area (TPSA) is 79.8 Å². The highest BCUT2D eigenvalue weighted by Crippen LogP contribution is 2.16. The fraction of sp³-hybridized carbons (Fsp3) is 0.0870. The molecule has 0 saturated carbocycles. The van der Waals surface area contributed by atoms with E-state index in [4.69, 9.17) is 27.9 Å². The van der Waals surface area contributed by atoms with E-state index in [1.165, 1.54) is 6.21 Å². The molecule has 0 bridgehead atoms. The van der Waals surface area contributed by atoms with E-state index in [2.05, 4.69) is 15.8 Å². The minimum Gasteiger partial charge on any atom is -0.489 e. The van der Waals surface area contributed by atoms with Crippen molar-refractivity contribution in [2.45, 2.75) is 6.61 Å². The number of halogens is 2. The van der Waals surface area contributed by atoms with Crippen molar-refractivity contribution in [3.8, 4) is 5.75 Å². The van der Waals surface area contributed by atoms with Crippen molar-refractivity contribution in [3.63, 3.8) is 0 Å². The van der Waals surface area contributed by atoms with Gasteiger partial charge in [-0.1, -0.05) is 59.6 Å². The summed E-state index contributed by atoms with van der Waals surface area (Å²) in [5.74, 6) is -0.237. The Hall–Kier alpha value is -3.35. The molecule has 0 atom stereocenters. The summed E-state index contributed by atoms with van der Waals surface area (Å²) in [5.41, 5.74) is 4.41. The van der Waals surface area contributed by atoms with E-state index >= 15 is 0 Å². The number of hydrogen-bond donors (Lipinski definition) is 2. The summed E-state index contributed by atoms with van der Waals surface area (Å²) in [5, 5.41) is 7.39. The molecule has 0 fully saturated rings. The lowest BCUT2D eigenvalue weighted by molar-refractivity contribution is -0.120. The Bertz CT molecular complexity index is 1090. The number of amides is 2. The second-order valence-electron chi connectivity index (χ2n) is 6.44. The van der Waals surface area contributed by atoms with Crippen molar-refractivity contribution < 1.29 is 14.3 Å². The maximum absolute atomic E-state index is 12.0. The van der Waals surface area contributed by atoms with Crippen molar-refractivity contribution in [2.24, 2.45) is 5.10 Å². The normalized spacial score (nSPS) is 10.6. The molecule has 0 aliphatic heterocycles. The summed E-state index contributed by atoms with van der Waals surface area (Å²) < 4.78 is 5.77. The summed E-state index contributed by atoms with van der Waals surface area (Å²) in [7, 11) is 0. The van der Waals surface area contributed by atoms with Crippen LogP contribution in [-0.2, 0) is 11.4 Å². The maximum atomic E-state index is 12.0. The lowest BCUT2D eigenvalue weighted by atomic mass is 10.2. The van der Waals surface area contributed by atoms with Crippen molar-refractivity contribution in [1.29, 1.82) is 0 Å². The molecule has 0 radical (unpaired) electrons. The summed E-state index contributed by atoms with van der Waals surface area (Å²) in [6.07, 6.45) is 1.49. The van der Waals surface area contributed by atoms with Gasteiger partial charge < -0.3 is 10.1 Å². The third kappa shape index (κ3) is 7.13. The minimum atomic E-state index is -0.466. The standard InChI is InChI=1S/C23H19Cl2N3O3/c24-18-10-8-16(9-11-18)15-31-19-5-3-4-17(12-19)13-27-28-22(29)14-26-23(30)20-6-1-2-7-21(20)25/h1-13H,14-15H2,(H,26,30)(H,28,29). The Morgan fingerprint density at radius 1 is 0.968 bits per heavy atom. The number of ether oxygens (including phenoxy) is 1. The second kappa shape index (κ2) is 11.2. The zero-order valence-electron chi connectivity index (χ0n) is 16.3. The lowest BCUT2D eigenvalue weighted by Crippen LogP contribution is -2.35. The van der Waals surface area contributed by atoms with Gasteiger partial charge in [0, 0.05) is 5.02 Å². The predicted molar refractivity (Wildman–Crippen MR) is 122 cm³/mol. The van der Waals surface area contributed by atoms with Gasteiger partial charge in [0.1, 0.15) is 12.4 Å². The number of benzene rings is 3. The highest BCUT2D eigenvalue weighted by atomic mass is 35.5. The van der Waals surface area contributed by atoms with E-state index < -0.39 is 11.8 Å². The molecule has 158 valence electrons. The molecule has 0 aromatic heterocycles. The quantitative estimate of drug-likeness (QED) is 0.388. The predicted octanol–water partition coefficient (Wildman–Crippen LogP) is 4.45. The van der Waals surface area contributed by atoms with E-state index in [1.807, 2.05) is 42.5 Å². The third-order valence-corrected chi connectivity index (χ3v) is 4.69. The zero-order chi connectivity index (χ0) is 22.1. The summed E-state index contributed by atoms with van der Waals surface area (Å²) in [6, 6.07) is 21.3. The zero-order valence-corrected chi connectivity index (χ0v) is 17.9. The molecule has 0 heterocycles. The van der Waals surface area contributed by atoms with Gasteiger partial charge in [0.2, 0.25) is 0 Å². The molecule has 6 nitrogen and oxygen atoms in total. The summed E-state index contributed by atoms with van der Waals surface area (Å²) in [6.45, 7) is 0.172. The maximum Gasteiger partial charge on any atom is 0.259 e. The van der Waals surface area contributed by atoms with Gasteiger partial charge in [-0.05, 0) is 47.5 Å². The Balaban J connectivity index is 1.46. The first-order chi connectivity index (χ1) is 15.0. The number of hydrogen-bond acceptors (Lipinski definition) is 4. The van der Waals surface area contributed by atoms with Crippen molar-refractivity contribution >= 4 is 41.2 Å². The Morgan fingerprint density at radius 2 is 1.74 bits per heavy atom. The number of nitrogens with one attached hydrogen (secondary N) is 2. The van der Waals surface area contributed by atoms with Gasteiger partial charge in [-0.2, -0.15) is 5.10 Å². The van der Waals surface area contributed by atoms with Gasteiger partial charge in [-0.15, -0.1) is 0 Å². The Kier molecular flexibility index (Phi) is 8.04. The Labute approximate surface area is 189 Å². The SMILES string of the molecule is O=C(CNC(=O)c1ccccc1Cl)NN=Cc1cccc(OCc2ccc(Cl)cc2)c1. The monoisotopic (exact) mass is 455 g/mol. The number of carbonyl (C=O) groups excluding carboxylic acids is 2. The van der Waals surface area contributed by atoms with Crippen LogP contribution < -0.4 is 15.5 Å². The number of nitrogens with zero attached hydrogens (tertiary/aromatic N) is 1. The highest BCUT2D eigenvalue weighted by molar-refractivity contribution is 6.33. The molecule has 0 aliphatic carbocycles. The van der Waals surface area contributed by atoms with Gasteiger partial charge in [-0.3, -0.25) is 9.59 Å². The fourth-order valence-corrected chi connectivity index (χ4v) is 2.90. The van der Waals surface area contributed by atoms with Crippen LogP contribution in [0.25, 0.3) is 0 Å². The van der Waals surface area contributed by atoms with Gasteiger partial charge in [0.25, 0.3) is 11.8 Å². The number of hydrazone groups is 1. The first kappa shape index (κ1) is 22.3. The van der Waals surface area contributed by atoms with Gasteiger partial charge in [0.05, 0.1) is 23.3 Å². The van der Waals surface area contributed by atoms with E-state index in [-0.39, 0.29) is 6.54 Å². The van der Waals surface area contributed by atoms with Crippen LogP contribution in [0.15, 0.2) is 77.9 Å². The molecule has 0 saturated heterocycles. The molecule has 8 heteroatoms. The minimum absolute atomic E-state index is 0.231. The van der Waals surface area contributed by atoms with Crippen LogP contribution >= 0.6 is 23.2 Å². The van der Waals surface area contributed by atoms with E-state index in [9.17, 15) is 9.59 Å². The van der Waals surface area contributed by atoms with Crippen molar-refractivity contribution in [2.75, 3.05) is 6.54 Å². The van der Waals surface area contributed by atoms with Gasteiger partial charge >= 0.3 is 0 Å². The molecule has 2 amide bonds. The molecular weight excluding hydrogens is 437 g/mol. The van der Waals surface area contributed by atoms with Crippen LogP contribution in [0.2, 0.25) is 10.0 Å². The molecule has 3 aromatic carbocycles. The Morgan fingerprint density at radius 3 is 2.52 bits per heavy atom. The lowest BCUT2D eigenvalue weighted by Gasteiger charge is -2.07. The average Bonchev–Trinajstić information content (AvgIpc) is 2.78. The summed E-state index contributed by atoms with van der Waals surface area (Å²) >= 11 is 11.8. The molecule has 3 rings (SSSR count). The van der Waals surface area contributed by atoms with Crippen LogP contribution in [0.1, 0.15) is 21.5 Å². The van der Waals surface area contributed by atoms with Crippen molar-refractivity contribution in [3.05, 3.63) is 99.5 Å². The first-order valence-electron chi connectivity index (χ1n) is 9.33. The number of rotatable bonds is 8. The van der Waals surface area contributed by atoms with E-state index in [1.54, 1.807) is 30.3 Å².